The molecule has 0 bridgehead atoms. The molecule has 0 spiro atoms. The molecule has 0 atom stereocenters. The Labute approximate surface area is 169 Å². The average Bonchev–Trinajstić information content (AvgIpc) is 3.13. The van der Waals surface area contributed by atoms with Crippen LogP contribution in [0.1, 0.15) is 37.3 Å². The lowest BCUT2D eigenvalue weighted by Crippen LogP contribution is -2.48. The van der Waals surface area contributed by atoms with E-state index in [1.54, 1.807) is 0 Å². The largest absolute Gasteiger partial charge is 0.357 e. The Hall–Kier alpha value is -2.34. The minimum absolute atomic E-state index is 0.499. The van der Waals surface area contributed by atoms with E-state index < -0.39 is 0 Å². The van der Waals surface area contributed by atoms with Gasteiger partial charge in [0.15, 0.2) is 5.96 Å². The molecule has 1 aromatic heterocycles. The lowest BCUT2D eigenvalue weighted by Gasteiger charge is -2.33. The molecule has 1 aromatic carbocycles. The molecule has 0 amide bonds. The normalized spacial score (nSPS) is 16.3. The maximum atomic E-state index is 4.76. The summed E-state index contributed by atoms with van der Waals surface area (Å²) in [5, 5.41) is 11.4. The Morgan fingerprint density at radius 1 is 1.21 bits per heavy atom. The van der Waals surface area contributed by atoms with Gasteiger partial charge in [0.05, 0.1) is 6.20 Å². The van der Waals surface area contributed by atoms with E-state index in [2.05, 4.69) is 71.0 Å². The molecule has 1 fully saturated rings. The number of guanidine groups is 1. The van der Waals surface area contributed by atoms with Crippen LogP contribution in [0.5, 0.6) is 0 Å². The topological polar surface area (TPSA) is 57.5 Å². The van der Waals surface area contributed by atoms with Gasteiger partial charge in [0.2, 0.25) is 0 Å². The third-order valence-electron chi connectivity index (χ3n) is 5.10. The smallest absolute Gasteiger partial charge is 0.191 e. The van der Waals surface area contributed by atoms with Crippen molar-refractivity contribution in [2.75, 3.05) is 26.2 Å². The van der Waals surface area contributed by atoms with E-state index in [1.165, 1.54) is 11.1 Å². The van der Waals surface area contributed by atoms with Crippen LogP contribution in [0.25, 0.3) is 0 Å². The molecule has 6 heteroatoms. The van der Waals surface area contributed by atoms with E-state index in [4.69, 9.17) is 4.99 Å². The van der Waals surface area contributed by atoms with Crippen LogP contribution >= 0.6 is 0 Å². The summed E-state index contributed by atoms with van der Waals surface area (Å²) < 4.78 is 1.99. The van der Waals surface area contributed by atoms with E-state index in [-0.39, 0.29) is 0 Å². The van der Waals surface area contributed by atoms with Crippen molar-refractivity contribution in [1.82, 2.24) is 25.3 Å². The standard InChI is InChI=1S/C22H34N6/c1-3-23-22(24-12-7-13-28-17-19(2)16-25-28)26-21-10-14-27(15-11-21)18-20-8-5-4-6-9-20/h4-6,8-9,16-17,21H,3,7,10-15,18H2,1-2H3,(H2,23,24,26). The van der Waals surface area contributed by atoms with Gasteiger partial charge in [-0.15, -0.1) is 0 Å². The van der Waals surface area contributed by atoms with Gasteiger partial charge in [0.25, 0.3) is 0 Å². The molecular formula is C22H34N6. The molecule has 2 N–H and O–H groups in total. The number of nitrogens with zero attached hydrogens (tertiary/aromatic N) is 4. The average molecular weight is 383 g/mol. The van der Waals surface area contributed by atoms with Crippen molar-refractivity contribution in [1.29, 1.82) is 0 Å². The zero-order valence-electron chi connectivity index (χ0n) is 17.3. The molecule has 1 saturated heterocycles. The summed E-state index contributed by atoms with van der Waals surface area (Å²) in [6.45, 7) is 10.1. The van der Waals surface area contributed by atoms with Crippen molar-refractivity contribution < 1.29 is 0 Å². The van der Waals surface area contributed by atoms with Crippen molar-refractivity contribution in [2.24, 2.45) is 4.99 Å². The number of hydrogen-bond acceptors (Lipinski definition) is 3. The van der Waals surface area contributed by atoms with Gasteiger partial charge in [0.1, 0.15) is 0 Å². The number of rotatable bonds is 8. The Morgan fingerprint density at radius 3 is 2.68 bits per heavy atom. The van der Waals surface area contributed by atoms with Crippen molar-refractivity contribution in [3.05, 3.63) is 53.9 Å². The lowest BCUT2D eigenvalue weighted by molar-refractivity contribution is 0.198. The highest BCUT2D eigenvalue weighted by molar-refractivity contribution is 5.80. The van der Waals surface area contributed by atoms with Gasteiger partial charge >= 0.3 is 0 Å². The first-order valence-corrected chi connectivity index (χ1v) is 10.5. The Balaban J connectivity index is 1.40. The van der Waals surface area contributed by atoms with Crippen LogP contribution in [0.3, 0.4) is 0 Å². The zero-order valence-corrected chi connectivity index (χ0v) is 17.3. The molecule has 0 radical (unpaired) electrons. The maximum absolute atomic E-state index is 4.76. The van der Waals surface area contributed by atoms with E-state index in [1.807, 2.05) is 10.9 Å². The first-order valence-electron chi connectivity index (χ1n) is 10.5. The molecule has 152 valence electrons. The first kappa shape index (κ1) is 20.4. The molecule has 2 heterocycles. The highest BCUT2D eigenvalue weighted by atomic mass is 15.3. The number of aromatic nitrogens is 2. The van der Waals surface area contributed by atoms with Crippen LogP contribution in [-0.2, 0) is 13.1 Å². The van der Waals surface area contributed by atoms with Crippen LogP contribution in [0.2, 0.25) is 0 Å². The fraction of sp³-hybridized carbons (Fsp3) is 0.545. The molecule has 28 heavy (non-hydrogen) atoms. The number of likely N-dealkylation sites (tertiary alicyclic amines) is 1. The Bertz CT molecular complexity index is 716. The van der Waals surface area contributed by atoms with E-state index in [0.29, 0.717) is 6.04 Å². The van der Waals surface area contributed by atoms with Crippen molar-refractivity contribution in [2.45, 2.75) is 52.2 Å². The van der Waals surface area contributed by atoms with Crippen LogP contribution in [0, 0.1) is 6.92 Å². The Morgan fingerprint density at radius 2 is 2.00 bits per heavy atom. The zero-order chi connectivity index (χ0) is 19.6. The summed E-state index contributed by atoms with van der Waals surface area (Å²) in [6.07, 6.45) is 7.29. The van der Waals surface area contributed by atoms with Crippen LogP contribution in [-0.4, -0.2) is 52.9 Å². The van der Waals surface area contributed by atoms with Crippen molar-refractivity contribution in [3.8, 4) is 0 Å². The molecule has 3 rings (SSSR count). The van der Waals surface area contributed by atoms with Gasteiger partial charge in [-0.3, -0.25) is 14.6 Å². The highest BCUT2D eigenvalue weighted by Gasteiger charge is 2.19. The second kappa shape index (κ2) is 10.9. The summed E-state index contributed by atoms with van der Waals surface area (Å²) >= 11 is 0. The second-order valence-electron chi connectivity index (χ2n) is 7.58. The van der Waals surface area contributed by atoms with Gasteiger partial charge in [0, 0.05) is 51.5 Å². The van der Waals surface area contributed by atoms with Gasteiger partial charge in [-0.1, -0.05) is 30.3 Å². The van der Waals surface area contributed by atoms with Crippen LogP contribution in [0.15, 0.2) is 47.7 Å². The van der Waals surface area contributed by atoms with Crippen molar-refractivity contribution >= 4 is 5.96 Å². The van der Waals surface area contributed by atoms with E-state index in [9.17, 15) is 0 Å². The number of nitrogens with one attached hydrogen (secondary N) is 2. The molecule has 1 aliphatic rings. The first-order chi connectivity index (χ1) is 13.7. The summed E-state index contributed by atoms with van der Waals surface area (Å²) in [5.41, 5.74) is 2.60. The molecule has 6 nitrogen and oxygen atoms in total. The number of benzene rings is 1. The van der Waals surface area contributed by atoms with Crippen LogP contribution in [0.4, 0.5) is 0 Å². The minimum Gasteiger partial charge on any atom is -0.357 e. The van der Waals surface area contributed by atoms with Gasteiger partial charge in [-0.25, -0.2) is 0 Å². The molecular weight excluding hydrogens is 348 g/mol. The fourth-order valence-corrected chi connectivity index (χ4v) is 3.60. The second-order valence-corrected chi connectivity index (χ2v) is 7.58. The van der Waals surface area contributed by atoms with E-state index >= 15 is 0 Å². The quantitative estimate of drug-likeness (QED) is 0.419. The summed E-state index contributed by atoms with van der Waals surface area (Å²) in [7, 11) is 0. The predicted octanol–water partition coefficient (Wildman–Crippen LogP) is 2.80. The van der Waals surface area contributed by atoms with Gasteiger partial charge < -0.3 is 10.6 Å². The lowest BCUT2D eigenvalue weighted by atomic mass is 10.0. The van der Waals surface area contributed by atoms with Crippen molar-refractivity contribution in [3.63, 3.8) is 0 Å². The molecule has 0 aliphatic carbocycles. The van der Waals surface area contributed by atoms with E-state index in [0.717, 1.165) is 64.5 Å². The van der Waals surface area contributed by atoms with Gasteiger partial charge in [-0.05, 0) is 44.2 Å². The SMILES string of the molecule is CCNC(=NCCCn1cc(C)cn1)NC1CCN(Cc2ccccc2)CC1. The highest BCUT2D eigenvalue weighted by Crippen LogP contribution is 2.13. The summed E-state index contributed by atoms with van der Waals surface area (Å²) in [4.78, 5) is 7.30. The summed E-state index contributed by atoms with van der Waals surface area (Å²) in [6, 6.07) is 11.2. The predicted molar refractivity (Wildman–Crippen MR) is 115 cm³/mol. The summed E-state index contributed by atoms with van der Waals surface area (Å²) in [5.74, 6) is 0.945. The number of piperidine rings is 1. The number of aliphatic imine (C=N–C) groups is 1. The molecule has 2 aromatic rings. The number of aryl methyl sites for hydroxylation is 2. The fourth-order valence-electron chi connectivity index (χ4n) is 3.60. The monoisotopic (exact) mass is 382 g/mol. The third-order valence-corrected chi connectivity index (χ3v) is 5.10. The Kier molecular flexibility index (Phi) is 7.91. The number of hydrogen-bond donors (Lipinski definition) is 2. The molecule has 0 saturated carbocycles. The van der Waals surface area contributed by atoms with Crippen LogP contribution < -0.4 is 10.6 Å². The maximum Gasteiger partial charge on any atom is 0.191 e. The third kappa shape index (κ3) is 6.68. The molecule has 0 unspecified atom stereocenters. The molecule has 1 aliphatic heterocycles. The van der Waals surface area contributed by atoms with Gasteiger partial charge in [-0.2, -0.15) is 5.10 Å². The minimum atomic E-state index is 0.499.